The van der Waals surface area contributed by atoms with Crippen LogP contribution in [0.15, 0.2) is 24.3 Å². The lowest BCUT2D eigenvalue weighted by Gasteiger charge is -2.31. The van der Waals surface area contributed by atoms with E-state index in [1.165, 1.54) is 29.2 Å². The molecule has 1 aromatic rings. The lowest BCUT2D eigenvalue weighted by Crippen LogP contribution is -2.61. The van der Waals surface area contributed by atoms with E-state index in [4.69, 9.17) is 22.9 Å². The molecule has 3 rings (SSSR count). The molecule has 0 bridgehead atoms. The van der Waals surface area contributed by atoms with Gasteiger partial charge in [-0.1, -0.05) is 77.3 Å². The molecule has 2 fully saturated rings. The number of hydrogen-bond donors (Lipinski definition) is 13. The van der Waals surface area contributed by atoms with E-state index in [-0.39, 0.29) is 31.6 Å². The molecule has 9 atom stereocenters. The fourth-order valence-corrected chi connectivity index (χ4v) is 8.71. The number of unbranched alkanes of at least 4 members (excludes halogenated alkanes) is 5. The van der Waals surface area contributed by atoms with Crippen LogP contribution in [0, 0.1) is 5.92 Å². The van der Waals surface area contributed by atoms with Gasteiger partial charge in [0.2, 0.25) is 70.9 Å². The number of nitrogens with one attached hydrogen (secondary N) is 7. The van der Waals surface area contributed by atoms with Gasteiger partial charge >= 0.3 is 0 Å². The van der Waals surface area contributed by atoms with Gasteiger partial charge in [-0.15, -0.1) is 0 Å². The third-order valence-electron chi connectivity index (χ3n) is 13.1. The number of hydrogen-bond acceptors (Lipinski definition) is 14. The highest BCUT2D eigenvalue weighted by molar-refractivity contribution is 6.00. The summed E-state index contributed by atoms with van der Waals surface area (Å²) in [6, 6.07) is -7.40. The Morgan fingerprint density at radius 1 is 0.600 bits per heavy atom. The number of carbonyl (C=O) groups excluding carboxylic acids is 12. The highest BCUT2D eigenvalue weighted by Crippen LogP contribution is 2.22. The normalized spacial score (nSPS) is 24.3. The average molecular weight is 1060 g/mol. The Hall–Kier alpha value is -7.38. The van der Waals surface area contributed by atoms with Crippen LogP contribution in [0.3, 0.4) is 0 Å². The quantitative estimate of drug-likeness (QED) is 0.0509. The number of fused-ring (bicyclic) bond motifs is 1. The molecule has 2 aliphatic heterocycles. The number of rotatable bonds is 22. The molecular weight excluding hydrogens is 981 g/mol. The summed E-state index contributed by atoms with van der Waals surface area (Å²) in [4.78, 5) is 162. The number of carbonyl (C=O) groups is 12. The van der Waals surface area contributed by atoms with Crippen molar-refractivity contribution >= 4 is 70.9 Å². The first-order valence-electron chi connectivity index (χ1n) is 25.5. The number of phenolic OH excluding ortho intramolecular Hbond substituents is 1. The molecule has 0 aliphatic carbocycles. The third kappa shape index (κ3) is 21.9. The van der Waals surface area contributed by atoms with Crippen LogP contribution in [-0.4, -0.2) is 147 Å². The van der Waals surface area contributed by atoms with Gasteiger partial charge in [0.25, 0.3) is 0 Å². The number of primary amides is 4. The molecule has 2 aliphatic rings. The molecule has 0 saturated carbocycles. The first kappa shape index (κ1) is 61.9. The number of aliphatic hydroxyl groups is 1. The number of amides is 12. The number of nitrogens with zero attached hydrogens (tertiary/aromatic N) is 1. The molecular formula is C49H76N12O14. The lowest BCUT2D eigenvalue weighted by molar-refractivity contribution is -0.142. The first-order chi connectivity index (χ1) is 35.5. The molecule has 12 amide bonds. The Bertz CT molecular complexity index is 2200. The largest absolute Gasteiger partial charge is 0.508 e. The minimum Gasteiger partial charge on any atom is -0.508 e. The monoisotopic (exact) mass is 1060 g/mol. The summed E-state index contributed by atoms with van der Waals surface area (Å²) in [5.41, 5.74) is 22.1. The Morgan fingerprint density at radius 3 is 1.61 bits per heavy atom. The molecule has 0 spiro atoms. The molecule has 0 radical (unpaired) electrons. The zero-order valence-electron chi connectivity index (χ0n) is 42.7. The van der Waals surface area contributed by atoms with Crippen molar-refractivity contribution in [3.63, 3.8) is 0 Å². The van der Waals surface area contributed by atoms with Crippen molar-refractivity contribution < 1.29 is 67.7 Å². The summed E-state index contributed by atoms with van der Waals surface area (Å²) >= 11 is 0. The first-order valence-corrected chi connectivity index (χ1v) is 25.5. The van der Waals surface area contributed by atoms with Gasteiger partial charge in [0.1, 0.15) is 48.0 Å². The van der Waals surface area contributed by atoms with Gasteiger partial charge in [-0.05, 0) is 49.3 Å². The maximum Gasteiger partial charge on any atom is 0.245 e. The van der Waals surface area contributed by atoms with Gasteiger partial charge in [-0.2, -0.15) is 0 Å². The van der Waals surface area contributed by atoms with Crippen LogP contribution in [0.4, 0.5) is 0 Å². The smallest absolute Gasteiger partial charge is 0.245 e. The average Bonchev–Trinajstić information content (AvgIpc) is 3.84. The molecule has 1 aromatic carbocycles. The Morgan fingerprint density at radius 2 is 1.08 bits per heavy atom. The van der Waals surface area contributed by atoms with Gasteiger partial charge in [0, 0.05) is 31.8 Å². The van der Waals surface area contributed by atoms with Gasteiger partial charge < -0.3 is 75.3 Å². The molecule has 26 heteroatoms. The third-order valence-corrected chi connectivity index (χ3v) is 13.1. The van der Waals surface area contributed by atoms with Crippen molar-refractivity contribution in [2.24, 2.45) is 28.9 Å². The van der Waals surface area contributed by atoms with Crippen molar-refractivity contribution in [1.82, 2.24) is 42.1 Å². The lowest BCUT2D eigenvalue weighted by atomic mass is 9.99. The van der Waals surface area contributed by atoms with Crippen molar-refractivity contribution in [1.29, 1.82) is 0 Å². The second-order valence-corrected chi connectivity index (χ2v) is 19.3. The topological polar surface area (TPSA) is 437 Å². The van der Waals surface area contributed by atoms with Gasteiger partial charge in [-0.3, -0.25) is 57.5 Å². The van der Waals surface area contributed by atoms with Crippen LogP contribution in [0.2, 0.25) is 0 Å². The van der Waals surface area contributed by atoms with Crippen molar-refractivity contribution in [3.8, 4) is 5.75 Å². The summed E-state index contributed by atoms with van der Waals surface area (Å²) in [5.74, 6) is -12.1. The standard InChI is InChI=1S/C49H76N12O14/c1-3-27(2)11-8-6-4-5-7-9-12-29-22-42(68)55-33(23-39(51)65)44(70)57-32(21-28-14-16-30(63)17-15-28)43(69)58-35(25-41(53)67)46(72)60-36(26-62)47(73)59-34(24-40(52)66)45(71)56-31(18-19-38(50)64)49(75)61-20-10-13-37(61)48(74)54-29/h14-17,27,29,31-37,62-63H,3-13,18-26H2,1-2H3,(H2,50,64)(H2,51,65)(H2,52,66)(H2,53,67)(H,54,74)(H,55,68)(H,56,71)(H,57,70)(H,58,69)(H,59,73)(H,60,72). The predicted octanol–water partition coefficient (Wildman–Crippen LogP) is -3.23. The fraction of sp³-hybridized carbons (Fsp3) is 0.633. The molecule has 75 heavy (non-hydrogen) atoms. The van der Waals surface area contributed by atoms with Gasteiger partial charge in [0.15, 0.2) is 0 Å². The minimum atomic E-state index is -1.96. The summed E-state index contributed by atoms with van der Waals surface area (Å²) < 4.78 is 0. The molecule has 416 valence electrons. The summed E-state index contributed by atoms with van der Waals surface area (Å²) in [7, 11) is 0. The number of phenols is 1. The van der Waals surface area contributed by atoms with E-state index < -0.39 is 164 Å². The second kappa shape index (κ2) is 31.4. The number of aromatic hydroxyl groups is 1. The van der Waals surface area contributed by atoms with Crippen LogP contribution in [0.25, 0.3) is 0 Å². The summed E-state index contributed by atoms with van der Waals surface area (Å²) in [5, 5.41) is 37.0. The van der Waals surface area contributed by atoms with Crippen LogP contribution in [0.5, 0.6) is 5.75 Å². The predicted molar refractivity (Wildman–Crippen MR) is 268 cm³/mol. The molecule has 26 nitrogen and oxygen atoms in total. The van der Waals surface area contributed by atoms with Crippen LogP contribution in [0.1, 0.15) is 129 Å². The molecule has 2 saturated heterocycles. The van der Waals surface area contributed by atoms with E-state index in [0.717, 1.165) is 44.9 Å². The van der Waals surface area contributed by atoms with Crippen LogP contribution in [-0.2, 0) is 64.0 Å². The number of nitrogens with two attached hydrogens (primary N) is 4. The van der Waals surface area contributed by atoms with Crippen LogP contribution < -0.4 is 60.2 Å². The highest BCUT2D eigenvalue weighted by Gasteiger charge is 2.40. The number of aliphatic hydroxyl groups excluding tert-OH is 1. The molecule has 2 heterocycles. The van der Waals surface area contributed by atoms with Crippen molar-refractivity contribution in [2.75, 3.05) is 13.2 Å². The summed E-state index contributed by atoms with van der Waals surface area (Å²) in [6.07, 6.45) is 3.94. The highest BCUT2D eigenvalue weighted by atomic mass is 16.3. The number of benzene rings is 1. The van der Waals surface area contributed by atoms with E-state index in [9.17, 15) is 67.7 Å². The summed E-state index contributed by atoms with van der Waals surface area (Å²) in [6.45, 7) is 3.19. The van der Waals surface area contributed by atoms with E-state index >= 15 is 0 Å². The Balaban J connectivity index is 2.12. The zero-order chi connectivity index (χ0) is 55.8. The maximum absolute atomic E-state index is 14.3. The minimum absolute atomic E-state index is 0.00708. The SMILES string of the molecule is CCC(C)CCCCCCCCC1CC(=O)NC(CC(N)=O)C(=O)NC(Cc2ccc(O)cc2)C(=O)NC(CC(N)=O)C(=O)NC(CO)C(=O)NC(CC(N)=O)C(=O)NC(CCC(N)=O)C(=O)N2CCCC2C(=O)N1. The molecule has 0 aromatic heterocycles. The van der Waals surface area contributed by atoms with E-state index in [1.54, 1.807) is 0 Å². The Kier molecular flexibility index (Phi) is 25.9. The van der Waals surface area contributed by atoms with Gasteiger partial charge in [0.05, 0.1) is 25.9 Å². The van der Waals surface area contributed by atoms with Gasteiger partial charge in [-0.25, -0.2) is 0 Å². The fourth-order valence-electron chi connectivity index (χ4n) is 8.71. The Labute approximate surface area is 435 Å². The van der Waals surface area contributed by atoms with Crippen LogP contribution >= 0.6 is 0 Å². The van der Waals surface area contributed by atoms with Crippen molar-refractivity contribution in [2.45, 2.75) is 178 Å². The second-order valence-electron chi connectivity index (χ2n) is 19.3. The van der Waals surface area contributed by atoms with E-state index in [0.29, 0.717) is 24.3 Å². The van der Waals surface area contributed by atoms with E-state index in [1.807, 2.05) is 0 Å². The molecule has 17 N–H and O–H groups in total. The van der Waals surface area contributed by atoms with E-state index in [2.05, 4.69) is 51.1 Å². The maximum atomic E-state index is 14.3. The van der Waals surface area contributed by atoms with Crippen molar-refractivity contribution in [3.05, 3.63) is 29.8 Å². The molecule has 9 unspecified atom stereocenters. The zero-order valence-corrected chi connectivity index (χ0v) is 42.7.